The summed E-state index contributed by atoms with van der Waals surface area (Å²) in [5.41, 5.74) is 5.98. The minimum atomic E-state index is -0.0919. The van der Waals surface area contributed by atoms with E-state index in [4.69, 9.17) is 10.5 Å². The molecule has 2 nitrogen and oxygen atoms in total. The van der Waals surface area contributed by atoms with Crippen LogP contribution in [-0.2, 0) is 4.74 Å². The average Bonchev–Trinajstić information content (AvgIpc) is 1.97. The van der Waals surface area contributed by atoms with Gasteiger partial charge in [0, 0.05) is 5.41 Å². The first-order chi connectivity index (χ1) is 6.08. The molecule has 0 fully saturated rings. The summed E-state index contributed by atoms with van der Waals surface area (Å²) in [4.78, 5) is 0. The Kier molecular flexibility index (Phi) is 4.19. The van der Waals surface area contributed by atoms with Crippen LogP contribution in [0.4, 0.5) is 0 Å². The Morgan fingerprint density at radius 1 is 1.29 bits per heavy atom. The molecule has 1 atom stereocenters. The van der Waals surface area contributed by atoms with E-state index in [-0.39, 0.29) is 16.9 Å². The molecule has 14 heavy (non-hydrogen) atoms. The van der Waals surface area contributed by atoms with E-state index >= 15 is 0 Å². The second-order valence-corrected chi connectivity index (χ2v) is 5.68. The fourth-order valence-electron chi connectivity index (χ4n) is 0.621. The second kappa shape index (κ2) is 4.35. The van der Waals surface area contributed by atoms with Gasteiger partial charge in [0.2, 0.25) is 0 Å². The fraction of sp³-hybridized carbons (Fsp3) is 0.833. The number of hydrogen-bond acceptors (Lipinski definition) is 2. The Morgan fingerprint density at radius 3 is 2.00 bits per heavy atom. The summed E-state index contributed by atoms with van der Waals surface area (Å²) in [6, 6.07) is -0.0919. The number of hydrogen-bond donors (Lipinski definition) is 1. The molecule has 84 valence electrons. The summed E-state index contributed by atoms with van der Waals surface area (Å²) in [6.45, 7) is 17.4. The van der Waals surface area contributed by atoms with Crippen LogP contribution in [0, 0.1) is 10.8 Å². The Balaban J connectivity index is 4.20. The minimum Gasteiger partial charge on any atom is -0.496 e. The molecule has 0 aromatic rings. The molecule has 0 bridgehead atoms. The van der Waals surface area contributed by atoms with Gasteiger partial charge in [-0.25, -0.2) is 0 Å². The molecule has 0 aliphatic rings. The van der Waals surface area contributed by atoms with Gasteiger partial charge in [0.15, 0.2) is 0 Å². The highest BCUT2D eigenvalue weighted by Gasteiger charge is 2.33. The third-order valence-electron chi connectivity index (χ3n) is 3.16. The van der Waals surface area contributed by atoms with E-state index in [1.807, 2.05) is 6.92 Å². The second-order valence-electron chi connectivity index (χ2n) is 5.68. The first-order valence-corrected chi connectivity index (χ1v) is 5.15. The van der Waals surface area contributed by atoms with Gasteiger partial charge in [-0.1, -0.05) is 41.2 Å². The summed E-state index contributed by atoms with van der Waals surface area (Å²) in [5.74, 6) is 0.669. The van der Waals surface area contributed by atoms with Crippen LogP contribution in [0.15, 0.2) is 12.3 Å². The van der Waals surface area contributed by atoms with Crippen molar-refractivity contribution in [2.75, 3.05) is 6.61 Å². The van der Waals surface area contributed by atoms with E-state index in [1.165, 1.54) is 0 Å². The van der Waals surface area contributed by atoms with Gasteiger partial charge in [-0.2, -0.15) is 0 Å². The maximum Gasteiger partial charge on any atom is 0.105 e. The predicted octanol–water partition coefficient (Wildman–Crippen LogP) is 2.94. The van der Waals surface area contributed by atoms with E-state index in [0.29, 0.717) is 12.4 Å². The quantitative estimate of drug-likeness (QED) is 0.706. The SMILES string of the molecule is C=C(OCC(C)(C)C(C)(C)C)C(C)N. The number of ether oxygens (including phenoxy) is 1. The zero-order chi connectivity index (χ0) is 11.6. The van der Waals surface area contributed by atoms with Crippen molar-refractivity contribution >= 4 is 0 Å². The molecule has 0 saturated heterocycles. The van der Waals surface area contributed by atoms with E-state index in [2.05, 4.69) is 41.2 Å². The average molecular weight is 199 g/mol. The highest BCUT2D eigenvalue weighted by Crippen LogP contribution is 2.38. The van der Waals surface area contributed by atoms with Gasteiger partial charge in [0.1, 0.15) is 5.76 Å². The van der Waals surface area contributed by atoms with Crippen LogP contribution in [0.5, 0.6) is 0 Å². The summed E-state index contributed by atoms with van der Waals surface area (Å²) in [5, 5.41) is 0. The molecule has 0 saturated carbocycles. The van der Waals surface area contributed by atoms with Crippen molar-refractivity contribution in [2.24, 2.45) is 16.6 Å². The molecule has 0 aliphatic heterocycles. The first-order valence-electron chi connectivity index (χ1n) is 5.15. The smallest absolute Gasteiger partial charge is 0.105 e. The van der Waals surface area contributed by atoms with Gasteiger partial charge in [0.05, 0.1) is 12.6 Å². The predicted molar refractivity (Wildman–Crippen MR) is 62.0 cm³/mol. The topological polar surface area (TPSA) is 35.2 Å². The lowest BCUT2D eigenvalue weighted by molar-refractivity contribution is 0.0263. The molecule has 0 heterocycles. The van der Waals surface area contributed by atoms with Crippen molar-refractivity contribution in [3.63, 3.8) is 0 Å². The summed E-state index contributed by atoms with van der Waals surface area (Å²) >= 11 is 0. The molecule has 0 radical (unpaired) electrons. The van der Waals surface area contributed by atoms with Crippen molar-refractivity contribution < 1.29 is 4.74 Å². The third-order valence-corrected chi connectivity index (χ3v) is 3.16. The molecule has 0 aliphatic carbocycles. The lowest BCUT2D eigenvalue weighted by Gasteiger charge is -2.38. The van der Waals surface area contributed by atoms with Crippen molar-refractivity contribution in [1.29, 1.82) is 0 Å². The Bertz CT molecular complexity index is 199. The molecule has 1 unspecified atom stereocenters. The van der Waals surface area contributed by atoms with E-state index in [9.17, 15) is 0 Å². The lowest BCUT2D eigenvalue weighted by atomic mass is 9.70. The van der Waals surface area contributed by atoms with Crippen LogP contribution in [0.1, 0.15) is 41.5 Å². The minimum absolute atomic E-state index is 0.0919. The molecule has 2 heteroatoms. The molecule has 0 spiro atoms. The largest absolute Gasteiger partial charge is 0.496 e. The Labute approximate surface area is 88.5 Å². The Morgan fingerprint density at radius 2 is 1.71 bits per heavy atom. The van der Waals surface area contributed by atoms with Gasteiger partial charge in [-0.15, -0.1) is 0 Å². The van der Waals surface area contributed by atoms with Crippen LogP contribution in [0.25, 0.3) is 0 Å². The molecule has 0 aromatic carbocycles. The van der Waals surface area contributed by atoms with Gasteiger partial charge in [-0.05, 0) is 12.3 Å². The van der Waals surface area contributed by atoms with Crippen LogP contribution in [0.2, 0.25) is 0 Å². The summed E-state index contributed by atoms with van der Waals surface area (Å²) in [7, 11) is 0. The van der Waals surface area contributed by atoms with Crippen molar-refractivity contribution in [3.8, 4) is 0 Å². The monoisotopic (exact) mass is 199 g/mol. The number of nitrogens with two attached hydrogens (primary N) is 1. The zero-order valence-corrected chi connectivity index (χ0v) is 10.5. The van der Waals surface area contributed by atoms with Crippen molar-refractivity contribution in [2.45, 2.75) is 47.6 Å². The molecular formula is C12H25NO. The van der Waals surface area contributed by atoms with Crippen molar-refractivity contribution in [3.05, 3.63) is 12.3 Å². The molecule has 0 amide bonds. The maximum absolute atomic E-state index is 5.65. The molecule has 0 rings (SSSR count). The van der Waals surface area contributed by atoms with E-state index < -0.39 is 0 Å². The van der Waals surface area contributed by atoms with Crippen molar-refractivity contribution in [1.82, 2.24) is 0 Å². The lowest BCUT2D eigenvalue weighted by Crippen LogP contribution is -2.35. The van der Waals surface area contributed by atoms with Gasteiger partial charge < -0.3 is 10.5 Å². The summed E-state index contributed by atoms with van der Waals surface area (Å²) in [6.07, 6.45) is 0. The van der Waals surface area contributed by atoms with Crippen LogP contribution in [-0.4, -0.2) is 12.6 Å². The first kappa shape index (κ1) is 13.5. The van der Waals surface area contributed by atoms with Crippen LogP contribution in [0.3, 0.4) is 0 Å². The van der Waals surface area contributed by atoms with Gasteiger partial charge in [0.25, 0.3) is 0 Å². The van der Waals surface area contributed by atoms with E-state index in [1.54, 1.807) is 0 Å². The van der Waals surface area contributed by atoms with Gasteiger partial charge in [-0.3, -0.25) is 0 Å². The third kappa shape index (κ3) is 3.70. The maximum atomic E-state index is 5.65. The highest BCUT2D eigenvalue weighted by molar-refractivity contribution is 4.93. The van der Waals surface area contributed by atoms with E-state index in [0.717, 1.165) is 0 Å². The molecular weight excluding hydrogens is 174 g/mol. The van der Waals surface area contributed by atoms with Crippen LogP contribution >= 0.6 is 0 Å². The fourth-order valence-corrected chi connectivity index (χ4v) is 0.621. The normalized spacial score (nSPS) is 15.1. The Hall–Kier alpha value is -0.500. The molecule has 2 N–H and O–H groups in total. The highest BCUT2D eigenvalue weighted by atomic mass is 16.5. The zero-order valence-electron chi connectivity index (χ0n) is 10.5. The molecule has 0 aromatic heterocycles. The standard InChI is InChI=1S/C12H25NO/c1-9(13)10(2)14-8-12(6,7)11(3,4)5/h9H,2,8,13H2,1,3-7H3. The van der Waals surface area contributed by atoms with Gasteiger partial charge >= 0.3 is 0 Å². The number of rotatable bonds is 4. The summed E-state index contributed by atoms with van der Waals surface area (Å²) < 4.78 is 5.58. The van der Waals surface area contributed by atoms with Crippen LogP contribution < -0.4 is 5.73 Å².